The molecule has 3 heterocycles. The number of piperazine rings is 1. The lowest BCUT2D eigenvalue weighted by atomic mass is 10.2. The molecule has 0 saturated carbocycles. The van der Waals surface area contributed by atoms with E-state index in [0.29, 0.717) is 48.6 Å². The highest BCUT2D eigenvalue weighted by atomic mass is 35.5. The highest BCUT2D eigenvalue weighted by molar-refractivity contribution is 6.31. The van der Waals surface area contributed by atoms with Crippen LogP contribution in [0.15, 0.2) is 45.4 Å². The minimum Gasteiger partial charge on any atom is -0.481 e. The maximum atomic E-state index is 12.8. The SMILES string of the molecule is Cc1cc(OC(C)C(=O)N2CCN(c3oc(-c4ccco4)nc3C#N)CC2)ccc1Cl. The Labute approximate surface area is 184 Å². The fourth-order valence-corrected chi connectivity index (χ4v) is 3.55. The van der Waals surface area contributed by atoms with Crippen LogP contribution in [-0.4, -0.2) is 48.1 Å². The molecule has 0 spiro atoms. The normalized spacial score (nSPS) is 14.9. The van der Waals surface area contributed by atoms with Crippen LogP contribution in [0.1, 0.15) is 18.2 Å². The average molecular weight is 441 g/mol. The number of hydrogen-bond donors (Lipinski definition) is 0. The molecule has 4 rings (SSSR count). The topological polar surface area (TPSA) is 95.7 Å². The molecule has 2 aromatic heterocycles. The summed E-state index contributed by atoms with van der Waals surface area (Å²) in [6.07, 6.45) is 0.891. The number of carbonyl (C=O) groups is 1. The molecule has 31 heavy (non-hydrogen) atoms. The zero-order valence-electron chi connectivity index (χ0n) is 17.2. The van der Waals surface area contributed by atoms with Crippen molar-refractivity contribution in [2.24, 2.45) is 0 Å². The van der Waals surface area contributed by atoms with Crippen molar-refractivity contribution < 1.29 is 18.4 Å². The lowest BCUT2D eigenvalue weighted by Crippen LogP contribution is -2.52. The van der Waals surface area contributed by atoms with Crippen molar-refractivity contribution in [2.45, 2.75) is 20.0 Å². The van der Waals surface area contributed by atoms with Crippen LogP contribution in [0.2, 0.25) is 5.02 Å². The molecule has 8 nitrogen and oxygen atoms in total. The molecule has 0 N–H and O–H groups in total. The zero-order valence-corrected chi connectivity index (χ0v) is 17.9. The highest BCUT2D eigenvalue weighted by Gasteiger charge is 2.29. The Hall–Kier alpha value is -3.44. The smallest absolute Gasteiger partial charge is 0.266 e. The summed E-state index contributed by atoms with van der Waals surface area (Å²) in [6, 6.07) is 10.8. The van der Waals surface area contributed by atoms with E-state index >= 15 is 0 Å². The summed E-state index contributed by atoms with van der Waals surface area (Å²) in [7, 11) is 0. The molecule has 160 valence electrons. The molecule has 0 radical (unpaired) electrons. The van der Waals surface area contributed by atoms with Crippen LogP contribution >= 0.6 is 11.6 Å². The summed E-state index contributed by atoms with van der Waals surface area (Å²) >= 11 is 6.04. The third kappa shape index (κ3) is 4.37. The van der Waals surface area contributed by atoms with Gasteiger partial charge in [0.25, 0.3) is 11.8 Å². The Bertz CT molecular complexity index is 1110. The number of carbonyl (C=O) groups excluding carboxylic acids is 1. The quantitative estimate of drug-likeness (QED) is 0.593. The van der Waals surface area contributed by atoms with Crippen LogP contribution in [0.4, 0.5) is 5.88 Å². The van der Waals surface area contributed by atoms with Crippen LogP contribution in [0.5, 0.6) is 5.75 Å². The van der Waals surface area contributed by atoms with Gasteiger partial charge in [0.05, 0.1) is 6.26 Å². The lowest BCUT2D eigenvalue weighted by molar-refractivity contribution is -0.138. The number of aryl methyl sites for hydroxylation is 1. The molecule has 1 saturated heterocycles. The lowest BCUT2D eigenvalue weighted by Gasteiger charge is -2.35. The minimum atomic E-state index is -0.627. The molecule has 1 aliphatic rings. The average Bonchev–Trinajstić information content (AvgIpc) is 3.45. The zero-order chi connectivity index (χ0) is 22.0. The number of halogens is 1. The predicted molar refractivity (Wildman–Crippen MR) is 114 cm³/mol. The fraction of sp³-hybridized carbons (Fsp3) is 0.318. The van der Waals surface area contributed by atoms with E-state index in [1.165, 1.54) is 6.26 Å². The largest absolute Gasteiger partial charge is 0.481 e. The van der Waals surface area contributed by atoms with Crippen LogP contribution in [0.3, 0.4) is 0 Å². The Morgan fingerprint density at radius 1 is 1.29 bits per heavy atom. The van der Waals surface area contributed by atoms with Crippen LogP contribution in [-0.2, 0) is 4.79 Å². The molecule has 9 heteroatoms. The third-order valence-corrected chi connectivity index (χ3v) is 5.54. The monoisotopic (exact) mass is 440 g/mol. The molecule has 1 unspecified atom stereocenters. The molecule has 1 amide bonds. The molecule has 0 aliphatic carbocycles. The van der Waals surface area contributed by atoms with E-state index in [1.807, 2.05) is 17.9 Å². The summed E-state index contributed by atoms with van der Waals surface area (Å²) in [6.45, 7) is 5.61. The van der Waals surface area contributed by atoms with E-state index < -0.39 is 6.10 Å². The first kappa shape index (κ1) is 20.8. The van der Waals surface area contributed by atoms with Crippen molar-refractivity contribution in [3.05, 3.63) is 52.9 Å². The molecule has 0 bridgehead atoms. The number of oxazole rings is 1. The Morgan fingerprint density at radius 3 is 2.71 bits per heavy atom. The minimum absolute atomic E-state index is 0.0957. The summed E-state index contributed by atoms with van der Waals surface area (Å²) < 4.78 is 16.9. The Morgan fingerprint density at radius 2 is 2.06 bits per heavy atom. The van der Waals surface area contributed by atoms with Crippen molar-refractivity contribution in [1.29, 1.82) is 5.26 Å². The fourth-order valence-electron chi connectivity index (χ4n) is 3.44. The van der Waals surface area contributed by atoms with Gasteiger partial charge in [-0.2, -0.15) is 10.2 Å². The number of rotatable bonds is 5. The first-order valence-corrected chi connectivity index (χ1v) is 10.3. The van der Waals surface area contributed by atoms with Gasteiger partial charge < -0.3 is 23.4 Å². The van der Waals surface area contributed by atoms with Gasteiger partial charge in [-0.3, -0.25) is 4.79 Å². The number of ether oxygens (including phenoxy) is 1. The van der Waals surface area contributed by atoms with Crippen molar-refractivity contribution in [3.8, 4) is 23.5 Å². The second kappa shape index (κ2) is 8.74. The summed E-state index contributed by atoms with van der Waals surface area (Å²) in [5.41, 5.74) is 1.09. The number of hydrogen-bond acceptors (Lipinski definition) is 7. The second-order valence-corrected chi connectivity index (χ2v) is 7.65. The van der Waals surface area contributed by atoms with Gasteiger partial charge in [-0.15, -0.1) is 0 Å². The number of nitrogens with zero attached hydrogens (tertiary/aromatic N) is 4. The molecule has 3 aromatic rings. The summed E-state index contributed by atoms with van der Waals surface area (Å²) in [5.74, 6) is 1.62. The standard InChI is InChI=1S/C22H21ClN4O4/c1-14-12-16(5-6-17(14)23)30-15(2)21(28)26-7-9-27(10-8-26)22-18(13-24)25-20(31-22)19-4-3-11-29-19/h3-6,11-12,15H,7-10H2,1-2H3. The first-order valence-electron chi connectivity index (χ1n) is 9.87. The Balaban J connectivity index is 1.38. The van der Waals surface area contributed by atoms with E-state index in [-0.39, 0.29) is 17.5 Å². The van der Waals surface area contributed by atoms with E-state index in [4.69, 9.17) is 25.2 Å². The van der Waals surface area contributed by atoms with E-state index in [1.54, 1.807) is 36.1 Å². The number of benzene rings is 1. The number of nitriles is 1. The molecular weight excluding hydrogens is 420 g/mol. The molecule has 1 atom stereocenters. The van der Waals surface area contributed by atoms with Gasteiger partial charge in [0.1, 0.15) is 11.8 Å². The van der Waals surface area contributed by atoms with Gasteiger partial charge in [-0.25, -0.2) is 0 Å². The van der Waals surface area contributed by atoms with E-state index in [9.17, 15) is 10.1 Å². The third-order valence-electron chi connectivity index (χ3n) is 5.12. The van der Waals surface area contributed by atoms with Crippen LogP contribution in [0, 0.1) is 18.3 Å². The van der Waals surface area contributed by atoms with Gasteiger partial charge in [-0.05, 0) is 49.7 Å². The summed E-state index contributed by atoms with van der Waals surface area (Å²) in [4.78, 5) is 20.7. The number of furan rings is 1. The number of amides is 1. The highest BCUT2D eigenvalue weighted by Crippen LogP contribution is 2.29. The molecule has 1 fully saturated rings. The second-order valence-electron chi connectivity index (χ2n) is 7.25. The maximum Gasteiger partial charge on any atom is 0.266 e. The molecular formula is C22H21ClN4O4. The van der Waals surface area contributed by atoms with Gasteiger partial charge in [0, 0.05) is 31.2 Å². The summed E-state index contributed by atoms with van der Waals surface area (Å²) in [5, 5.41) is 10.1. The first-order chi connectivity index (χ1) is 15.0. The maximum absolute atomic E-state index is 12.8. The van der Waals surface area contributed by atoms with Crippen molar-refractivity contribution in [2.75, 3.05) is 31.1 Å². The number of aromatic nitrogens is 1. The van der Waals surface area contributed by atoms with E-state index in [2.05, 4.69) is 11.1 Å². The van der Waals surface area contributed by atoms with Crippen molar-refractivity contribution >= 4 is 23.4 Å². The molecule has 1 aliphatic heterocycles. The molecule has 1 aromatic carbocycles. The van der Waals surface area contributed by atoms with Crippen LogP contribution < -0.4 is 9.64 Å². The van der Waals surface area contributed by atoms with Gasteiger partial charge in [0.15, 0.2) is 11.9 Å². The van der Waals surface area contributed by atoms with E-state index in [0.717, 1.165) is 5.56 Å². The van der Waals surface area contributed by atoms with Crippen LogP contribution in [0.25, 0.3) is 11.7 Å². The Kier molecular flexibility index (Phi) is 5.87. The van der Waals surface area contributed by atoms with Crippen molar-refractivity contribution in [3.63, 3.8) is 0 Å². The number of anilines is 1. The van der Waals surface area contributed by atoms with Gasteiger partial charge in [-0.1, -0.05) is 11.6 Å². The van der Waals surface area contributed by atoms with Crippen molar-refractivity contribution in [1.82, 2.24) is 9.88 Å². The van der Waals surface area contributed by atoms with Gasteiger partial charge in [0.2, 0.25) is 11.6 Å². The predicted octanol–water partition coefficient (Wildman–Crippen LogP) is 3.88. The van der Waals surface area contributed by atoms with Gasteiger partial charge >= 0.3 is 0 Å².